The second-order valence-electron chi connectivity index (χ2n) is 4.33. The number of hydrogen-bond donors (Lipinski definition) is 2. The van der Waals surface area contributed by atoms with Gasteiger partial charge in [-0.2, -0.15) is 0 Å². The van der Waals surface area contributed by atoms with E-state index in [2.05, 4.69) is 5.32 Å². The molecule has 5 heteroatoms. The smallest absolute Gasteiger partial charge is 0.262 e. The van der Waals surface area contributed by atoms with Crippen molar-refractivity contribution in [1.82, 2.24) is 0 Å². The maximum Gasteiger partial charge on any atom is 0.262 e. The molecule has 0 unspecified atom stereocenters. The van der Waals surface area contributed by atoms with E-state index in [1.807, 2.05) is 19.1 Å². The second-order valence-corrected chi connectivity index (χ2v) is 4.33. The van der Waals surface area contributed by atoms with E-state index < -0.39 is 0 Å². The quantitative estimate of drug-likeness (QED) is 0.842. The minimum absolute atomic E-state index is 0.167. The van der Waals surface area contributed by atoms with E-state index >= 15 is 0 Å². The molecule has 0 saturated heterocycles. The van der Waals surface area contributed by atoms with Crippen LogP contribution in [0.4, 0.5) is 15.8 Å². The molecule has 0 aromatic heterocycles. The number of amides is 1. The molecule has 0 atom stereocenters. The molecule has 0 aliphatic heterocycles. The van der Waals surface area contributed by atoms with Gasteiger partial charge in [0.25, 0.3) is 5.91 Å². The van der Waals surface area contributed by atoms with Crippen LogP contribution in [0.2, 0.25) is 0 Å². The lowest BCUT2D eigenvalue weighted by atomic mass is 10.1. The van der Waals surface area contributed by atoms with Crippen LogP contribution in [0, 0.1) is 12.7 Å². The first kappa shape index (κ1) is 13.9. The van der Waals surface area contributed by atoms with Crippen LogP contribution in [-0.4, -0.2) is 12.5 Å². The summed E-state index contributed by atoms with van der Waals surface area (Å²) in [7, 11) is 0. The summed E-state index contributed by atoms with van der Waals surface area (Å²) >= 11 is 0. The van der Waals surface area contributed by atoms with Crippen molar-refractivity contribution in [2.75, 3.05) is 17.7 Å². The number of anilines is 2. The number of carbonyl (C=O) groups is 1. The Morgan fingerprint density at radius 2 is 1.95 bits per heavy atom. The van der Waals surface area contributed by atoms with Gasteiger partial charge in [-0.15, -0.1) is 0 Å². The Morgan fingerprint density at radius 3 is 2.60 bits per heavy atom. The van der Waals surface area contributed by atoms with Gasteiger partial charge in [0.1, 0.15) is 11.6 Å². The lowest BCUT2D eigenvalue weighted by Gasteiger charge is -2.11. The van der Waals surface area contributed by atoms with Crippen molar-refractivity contribution in [2.24, 2.45) is 0 Å². The van der Waals surface area contributed by atoms with Gasteiger partial charge in [-0.05, 0) is 42.8 Å². The van der Waals surface area contributed by atoms with Crippen molar-refractivity contribution in [2.45, 2.75) is 6.92 Å². The summed E-state index contributed by atoms with van der Waals surface area (Å²) in [6.45, 7) is 1.69. The van der Waals surface area contributed by atoms with Crippen molar-refractivity contribution >= 4 is 17.3 Å². The van der Waals surface area contributed by atoms with Crippen LogP contribution >= 0.6 is 0 Å². The van der Waals surface area contributed by atoms with Crippen LogP contribution in [0.25, 0.3) is 0 Å². The summed E-state index contributed by atoms with van der Waals surface area (Å²) in [4.78, 5) is 11.8. The average Bonchev–Trinajstić information content (AvgIpc) is 2.42. The van der Waals surface area contributed by atoms with E-state index in [-0.39, 0.29) is 18.3 Å². The molecule has 0 heterocycles. The van der Waals surface area contributed by atoms with Crippen LogP contribution in [0.15, 0.2) is 42.5 Å². The Bertz CT molecular complexity index is 592. The second kappa shape index (κ2) is 6.06. The zero-order valence-corrected chi connectivity index (χ0v) is 11.0. The maximum absolute atomic E-state index is 12.7. The molecule has 20 heavy (non-hydrogen) atoms. The van der Waals surface area contributed by atoms with Crippen LogP contribution in [0.3, 0.4) is 0 Å². The molecule has 2 rings (SSSR count). The number of halogens is 1. The summed E-state index contributed by atoms with van der Waals surface area (Å²) in [6, 6.07) is 10.8. The largest absolute Gasteiger partial charge is 0.484 e. The Labute approximate surface area is 116 Å². The molecule has 1 amide bonds. The Hall–Kier alpha value is -2.56. The lowest BCUT2D eigenvalue weighted by Crippen LogP contribution is -2.21. The van der Waals surface area contributed by atoms with E-state index in [1.54, 1.807) is 6.07 Å². The van der Waals surface area contributed by atoms with Crippen LogP contribution < -0.4 is 15.8 Å². The number of aryl methyl sites for hydroxylation is 1. The summed E-state index contributed by atoms with van der Waals surface area (Å²) < 4.78 is 18.0. The van der Waals surface area contributed by atoms with Crippen molar-refractivity contribution in [1.29, 1.82) is 0 Å². The first-order valence-electron chi connectivity index (χ1n) is 6.09. The van der Waals surface area contributed by atoms with Gasteiger partial charge in [-0.25, -0.2) is 4.39 Å². The predicted molar refractivity (Wildman–Crippen MR) is 76.1 cm³/mol. The molecule has 0 saturated carbocycles. The molecule has 104 valence electrons. The van der Waals surface area contributed by atoms with E-state index in [1.165, 1.54) is 24.3 Å². The topological polar surface area (TPSA) is 64.3 Å². The molecule has 0 fully saturated rings. The van der Waals surface area contributed by atoms with Gasteiger partial charge in [0.05, 0.1) is 11.4 Å². The number of nitrogens with two attached hydrogens (primary N) is 1. The lowest BCUT2D eigenvalue weighted by molar-refractivity contribution is -0.118. The van der Waals surface area contributed by atoms with E-state index in [0.717, 1.165) is 5.56 Å². The molecule has 0 aliphatic rings. The fraction of sp³-hybridized carbons (Fsp3) is 0.133. The predicted octanol–water partition coefficient (Wildman–Crippen LogP) is 2.73. The number of ether oxygens (including phenoxy) is 1. The number of benzene rings is 2. The molecule has 0 aliphatic carbocycles. The number of nitrogen functional groups attached to an aromatic ring is 1. The van der Waals surface area contributed by atoms with Crippen LogP contribution in [0.5, 0.6) is 5.75 Å². The Kier molecular flexibility index (Phi) is 4.20. The Balaban J connectivity index is 1.94. The highest BCUT2D eigenvalue weighted by Crippen LogP contribution is 2.22. The summed E-state index contributed by atoms with van der Waals surface area (Å²) in [6.07, 6.45) is 0. The molecule has 2 aromatic carbocycles. The van der Waals surface area contributed by atoms with E-state index in [0.29, 0.717) is 17.1 Å². The third-order valence-electron chi connectivity index (χ3n) is 2.75. The monoisotopic (exact) mass is 274 g/mol. The van der Waals surface area contributed by atoms with Gasteiger partial charge >= 0.3 is 0 Å². The fourth-order valence-electron chi connectivity index (χ4n) is 1.72. The van der Waals surface area contributed by atoms with Gasteiger partial charge in [0.2, 0.25) is 0 Å². The molecule has 0 spiro atoms. The number of carbonyl (C=O) groups excluding carboxylic acids is 1. The molecule has 3 N–H and O–H groups in total. The SMILES string of the molecule is Cc1cccc(N)c1NC(=O)COc1ccc(F)cc1. The van der Waals surface area contributed by atoms with Crippen LogP contribution in [0.1, 0.15) is 5.56 Å². The zero-order valence-electron chi connectivity index (χ0n) is 11.0. The van der Waals surface area contributed by atoms with Crippen LogP contribution in [-0.2, 0) is 4.79 Å². The van der Waals surface area contributed by atoms with E-state index in [4.69, 9.17) is 10.5 Å². The molecule has 0 bridgehead atoms. The standard InChI is InChI=1S/C15H15FN2O2/c1-10-3-2-4-13(17)15(10)18-14(19)9-20-12-7-5-11(16)6-8-12/h2-8H,9,17H2,1H3,(H,18,19). The minimum Gasteiger partial charge on any atom is -0.484 e. The van der Waals surface area contributed by atoms with Gasteiger partial charge < -0.3 is 15.8 Å². The summed E-state index contributed by atoms with van der Waals surface area (Å²) in [5.41, 5.74) is 7.76. The van der Waals surface area contributed by atoms with Crippen molar-refractivity contribution in [3.05, 3.63) is 53.8 Å². The highest BCUT2D eigenvalue weighted by molar-refractivity contribution is 5.95. The van der Waals surface area contributed by atoms with E-state index in [9.17, 15) is 9.18 Å². The third-order valence-corrected chi connectivity index (χ3v) is 2.75. The van der Waals surface area contributed by atoms with Crippen molar-refractivity contribution in [3.8, 4) is 5.75 Å². The minimum atomic E-state index is -0.352. The Morgan fingerprint density at radius 1 is 1.25 bits per heavy atom. The molecule has 0 radical (unpaired) electrons. The van der Waals surface area contributed by atoms with Gasteiger partial charge in [0, 0.05) is 0 Å². The molecular formula is C15H15FN2O2. The number of rotatable bonds is 4. The molecule has 2 aromatic rings. The number of nitrogens with one attached hydrogen (secondary N) is 1. The van der Waals surface area contributed by atoms with Crippen molar-refractivity contribution < 1.29 is 13.9 Å². The zero-order chi connectivity index (χ0) is 14.5. The van der Waals surface area contributed by atoms with Gasteiger partial charge in [-0.1, -0.05) is 12.1 Å². The normalized spacial score (nSPS) is 10.1. The number of hydrogen-bond acceptors (Lipinski definition) is 3. The molecular weight excluding hydrogens is 259 g/mol. The average molecular weight is 274 g/mol. The third kappa shape index (κ3) is 3.47. The number of para-hydroxylation sites is 1. The highest BCUT2D eigenvalue weighted by atomic mass is 19.1. The van der Waals surface area contributed by atoms with Crippen molar-refractivity contribution in [3.63, 3.8) is 0 Å². The summed E-state index contributed by atoms with van der Waals surface area (Å²) in [5.74, 6) is -0.246. The first-order chi connectivity index (χ1) is 9.56. The van der Waals surface area contributed by atoms with Gasteiger partial charge in [-0.3, -0.25) is 4.79 Å². The fourth-order valence-corrected chi connectivity index (χ4v) is 1.72. The highest BCUT2D eigenvalue weighted by Gasteiger charge is 2.08. The molecule has 4 nitrogen and oxygen atoms in total. The van der Waals surface area contributed by atoms with Gasteiger partial charge in [0.15, 0.2) is 6.61 Å². The first-order valence-corrected chi connectivity index (χ1v) is 6.09. The summed E-state index contributed by atoms with van der Waals surface area (Å²) in [5, 5.41) is 2.70. The maximum atomic E-state index is 12.7.